The van der Waals surface area contributed by atoms with Crippen LogP contribution in [0.1, 0.15) is 29.8 Å². The first-order chi connectivity index (χ1) is 15.3. The van der Waals surface area contributed by atoms with Gasteiger partial charge < -0.3 is 19.2 Å². The molecule has 32 heavy (non-hydrogen) atoms. The van der Waals surface area contributed by atoms with E-state index in [2.05, 4.69) is 5.32 Å². The largest absolute Gasteiger partial charge is 0.493 e. The summed E-state index contributed by atoms with van der Waals surface area (Å²) >= 11 is 0. The van der Waals surface area contributed by atoms with Crippen LogP contribution in [-0.2, 0) is 4.79 Å². The number of hydrogen-bond donors (Lipinski definition) is 1. The minimum Gasteiger partial charge on any atom is -0.493 e. The molecule has 1 heterocycles. The van der Waals surface area contributed by atoms with Crippen molar-refractivity contribution < 1.29 is 23.5 Å². The molecule has 0 aliphatic carbocycles. The van der Waals surface area contributed by atoms with E-state index in [1.807, 2.05) is 6.07 Å². The number of nitriles is 1. The van der Waals surface area contributed by atoms with Gasteiger partial charge in [0.15, 0.2) is 11.5 Å². The van der Waals surface area contributed by atoms with Crippen molar-refractivity contribution in [2.75, 3.05) is 7.11 Å². The SMILES string of the molecule is COc1cc(/C=C(\C#N)C(=O)NC(C)C)ccc1OC(=O)c1cc2ccccc2oc1=O. The van der Waals surface area contributed by atoms with Crippen LogP contribution in [0, 0.1) is 11.3 Å². The van der Waals surface area contributed by atoms with Crippen LogP contribution in [-0.4, -0.2) is 25.0 Å². The van der Waals surface area contributed by atoms with Gasteiger partial charge in [-0.1, -0.05) is 24.3 Å². The van der Waals surface area contributed by atoms with E-state index in [0.29, 0.717) is 16.5 Å². The predicted octanol–water partition coefficient (Wildman–Crippen LogP) is 3.45. The number of esters is 1. The van der Waals surface area contributed by atoms with Crippen LogP contribution in [0.15, 0.2) is 63.3 Å². The molecule has 0 unspecified atom stereocenters. The van der Waals surface area contributed by atoms with E-state index in [1.54, 1.807) is 44.2 Å². The van der Waals surface area contributed by atoms with Gasteiger partial charge in [-0.25, -0.2) is 9.59 Å². The molecule has 3 rings (SSSR count). The number of ether oxygens (including phenoxy) is 2. The van der Waals surface area contributed by atoms with Gasteiger partial charge in [-0.2, -0.15) is 5.26 Å². The molecule has 162 valence electrons. The maximum Gasteiger partial charge on any atom is 0.351 e. The molecule has 1 N–H and O–H groups in total. The molecule has 0 aliphatic heterocycles. The first-order valence-electron chi connectivity index (χ1n) is 9.68. The molecule has 8 nitrogen and oxygen atoms in total. The lowest BCUT2D eigenvalue weighted by Gasteiger charge is -2.10. The normalized spacial score (nSPS) is 11.2. The minimum absolute atomic E-state index is 0.0624. The number of fused-ring (bicyclic) bond motifs is 1. The van der Waals surface area contributed by atoms with Gasteiger partial charge in [-0.3, -0.25) is 4.79 Å². The highest BCUT2D eigenvalue weighted by molar-refractivity contribution is 6.02. The molecule has 0 saturated carbocycles. The molecule has 1 amide bonds. The molecule has 1 aromatic heterocycles. The molecule has 8 heteroatoms. The van der Waals surface area contributed by atoms with Crippen molar-refractivity contribution in [3.63, 3.8) is 0 Å². The summed E-state index contributed by atoms with van der Waals surface area (Å²) in [6.07, 6.45) is 1.39. The second-order valence-electron chi connectivity index (χ2n) is 7.08. The standard InChI is InChI=1S/C24H20N2O6/c1-14(2)26-22(27)17(13-25)10-15-8-9-20(21(11-15)30-3)32-24(29)18-12-16-6-4-5-7-19(16)31-23(18)28/h4-12,14H,1-3H3,(H,26,27)/b17-10+. The van der Waals surface area contributed by atoms with E-state index >= 15 is 0 Å². The zero-order chi connectivity index (χ0) is 23.3. The number of para-hydroxylation sites is 1. The Hall–Kier alpha value is -4.38. The minimum atomic E-state index is -0.903. The van der Waals surface area contributed by atoms with Crippen molar-refractivity contribution >= 4 is 28.9 Å². The Morgan fingerprint density at radius 3 is 2.56 bits per heavy atom. The monoisotopic (exact) mass is 432 g/mol. The Kier molecular flexibility index (Phi) is 6.71. The van der Waals surface area contributed by atoms with Gasteiger partial charge in [0.1, 0.15) is 22.8 Å². The highest BCUT2D eigenvalue weighted by Crippen LogP contribution is 2.29. The maximum atomic E-state index is 12.6. The average Bonchev–Trinajstić information content (AvgIpc) is 2.77. The molecule has 0 spiro atoms. The summed E-state index contributed by atoms with van der Waals surface area (Å²) in [5.74, 6) is -1.16. The zero-order valence-electron chi connectivity index (χ0n) is 17.7. The van der Waals surface area contributed by atoms with Crippen LogP contribution in [0.3, 0.4) is 0 Å². The van der Waals surface area contributed by atoms with Gasteiger partial charge in [0.05, 0.1) is 7.11 Å². The lowest BCUT2D eigenvalue weighted by molar-refractivity contribution is -0.117. The lowest BCUT2D eigenvalue weighted by Crippen LogP contribution is -2.30. The van der Waals surface area contributed by atoms with Gasteiger partial charge in [0.25, 0.3) is 5.91 Å². The van der Waals surface area contributed by atoms with Gasteiger partial charge in [-0.05, 0) is 49.8 Å². The summed E-state index contributed by atoms with van der Waals surface area (Å²) in [6.45, 7) is 3.57. The van der Waals surface area contributed by atoms with Crippen molar-refractivity contribution in [2.45, 2.75) is 19.9 Å². The fraction of sp³-hybridized carbons (Fsp3) is 0.167. The van der Waals surface area contributed by atoms with Crippen LogP contribution in [0.4, 0.5) is 0 Å². The number of amides is 1. The molecule has 0 saturated heterocycles. The first-order valence-corrected chi connectivity index (χ1v) is 9.68. The van der Waals surface area contributed by atoms with Crippen LogP contribution in [0.2, 0.25) is 0 Å². The fourth-order valence-electron chi connectivity index (χ4n) is 2.87. The molecule has 2 aromatic carbocycles. The summed E-state index contributed by atoms with van der Waals surface area (Å²) in [5.41, 5.74) is -0.312. The summed E-state index contributed by atoms with van der Waals surface area (Å²) in [5, 5.41) is 12.5. The Morgan fingerprint density at radius 2 is 1.88 bits per heavy atom. The van der Waals surface area contributed by atoms with Gasteiger partial charge >= 0.3 is 11.6 Å². The van der Waals surface area contributed by atoms with Crippen molar-refractivity contribution in [1.29, 1.82) is 5.26 Å². The highest BCUT2D eigenvalue weighted by Gasteiger charge is 2.18. The summed E-state index contributed by atoms with van der Waals surface area (Å²) < 4.78 is 15.8. The number of benzene rings is 2. The van der Waals surface area contributed by atoms with E-state index in [-0.39, 0.29) is 28.7 Å². The number of hydrogen-bond acceptors (Lipinski definition) is 7. The third kappa shape index (κ3) is 5.02. The van der Waals surface area contributed by atoms with Crippen LogP contribution < -0.4 is 20.4 Å². The van der Waals surface area contributed by atoms with E-state index < -0.39 is 17.5 Å². The molecule has 3 aromatic rings. The topological polar surface area (TPSA) is 119 Å². The number of carbonyl (C=O) groups is 2. The maximum absolute atomic E-state index is 12.6. The number of methoxy groups -OCH3 is 1. The highest BCUT2D eigenvalue weighted by atomic mass is 16.6. The summed E-state index contributed by atoms with van der Waals surface area (Å²) in [6, 6.07) is 14.4. The van der Waals surface area contributed by atoms with Crippen LogP contribution in [0.25, 0.3) is 17.0 Å². The first kappa shape index (κ1) is 22.3. The van der Waals surface area contributed by atoms with Gasteiger partial charge in [0, 0.05) is 11.4 Å². The Balaban J connectivity index is 1.88. The van der Waals surface area contributed by atoms with Gasteiger partial charge in [-0.15, -0.1) is 0 Å². The average molecular weight is 432 g/mol. The quantitative estimate of drug-likeness (QED) is 0.208. The second kappa shape index (κ2) is 9.62. The molecule has 0 atom stereocenters. The zero-order valence-corrected chi connectivity index (χ0v) is 17.7. The summed E-state index contributed by atoms with van der Waals surface area (Å²) in [4.78, 5) is 36.9. The molecule has 0 aliphatic rings. The van der Waals surface area contributed by atoms with Crippen molar-refractivity contribution in [1.82, 2.24) is 5.32 Å². The Bertz CT molecular complexity index is 1310. The third-order valence-corrected chi connectivity index (χ3v) is 4.35. The summed E-state index contributed by atoms with van der Waals surface area (Å²) in [7, 11) is 1.38. The molecular formula is C24H20N2O6. The molecular weight excluding hydrogens is 412 g/mol. The molecule has 0 fully saturated rings. The van der Waals surface area contributed by atoms with Crippen molar-refractivity contribution in [2.24, 2.45) is 0 Å². The predicted molar refractivity (Wildman–Crippen MR) is 117 cm³/mol. The Morgan fingerprint density at radius 1 is 1.12 bits per heavy atom. The van der Waals surface area contributed by atoms with E-state index in [1.165, 1.54) is 31.4 Å². The number of nitrogens with zero attached hydrogens (tertiary/aromatic N) is 1. The number of nitrogens with one attached hydrogen (secondary N) is 1. The van der Waals surface area contributed by atoms with Crippen LogP contribution >= 0.6 is 0 Å². The van der Waals surface area contributed by atoms with E-state index in [4.69, 9.17) is 13.9 Å². The van der Waals surface area contributed by atoms with Crippen LogP contribution in [0.5, 0.6) is 11.5 Å². The van der Waals surface area contributed by atoms with Crippen molar-refractivity contribution in [3.8, 4) is 17.6 Å². The van der Waals surface area contributed by atoms with Gasteiger partial charge in [0.2, 0.25) is 0 Å². The smallest absolute Gasteiger partial charge is 0.351 e. The molecule has 0 bridgehead atoms. The number of rotatable bonds is 6. The third-order valence-electron chi connectivity index (χ3n) is 4.35. The van der Waals surface area contributed by atoms with E-state index in [0.717, 1.165) is 0 Å². The Labute approximate surface area is 183 Å². The second-order valence-corrected chi connectivity index (χ2v) is 7.08. The molecule has 0 radical (unpaired) electrons. The lowest BCUT2D eigenvalue weighted by atomic mass is 10.1. The van der Waals surface area contributed by atoms with Crippen molar-refractivity contribution in [3.05, 3.63) is 75.7 Å². The number of carbonyl (C=O) groups excluding carboxylic acids is 2. The fourth-order valence-corrected chi connectivity index (χ4v) is 2.87. The van der Waals surface area contributed by atoms with E-state index in [9.17, 15) is 19.6 Å².